The Kier molecular flexibility index (Phi) is 4.21. The highest BCUT2D eigenvalue weighted by atomic mass is 79.9. The molecule has 1 aliphatic rings. The predicted molar refractivity (Wildman–Crippen MR) is 73.4 cm³/mol. The normalized spacial score (nSPS) is 24.7. The van der Waals surface area contributed by atoms with Gasteiger partial charge in [-0.3, -0.25) is 0 Å². The number of rotatable bonds is 3. The summed E-state index contributed by atoms with van der Waals surface area (Å²) in [5.41, 5.74) is 6.03. The van der Waals surface area contributed by atoms with Gasteiger partial charge in [-0.15, -0.1) is 0 Å². The van der Waals surface area contributed by atoms with Crippen LogP contribution < -0.4 is 11.1 Å². The fourth-order valence-electron chi connectivity index (χ4n) is 2.09. The van der Waals surface area contributed by atoms with Crippen molar-refractivity contribution in [3.8, 4) is 0 Å². The van der Waals surface area contributed by atoms with E-state index < -0.39 is 0 Å². The van der Waals surface area contributed by atoms with Crippen molar-refractivity contribution in [3.63, 3.8) is 0 Å². The average Bonchev–Trinajstić information content (AvgIpc) is 2.63. The van der Waals surface area contributed by atoms with Gasteiger partial charge >= 0.3 is 0 Å². The lowest BCUT2D eigenvalue weighted by Gasteiger charge is -2.16. The lowest BCUT2D eigenvalue weighted by Crippen LogP contribution is -2.29. The van der Waals surface area contributed by atoms with Crippen molar-refractivity contribution >= 4 is 37.7 Å². The lowest BCUT2D eigenvalue weighted by atomic mass is 10.1. The smallest absolute Gasteiger partial charge is 0.140 e. The Morgan fingerprint density at radius 3 is 2.88 bits per heavy atom. The zero-order valence-corrected chi connectivity index (χ0v) is 12.1. The van der Waals surface area contributed by atoms with E-state index in [0.717, 1.165) is 27.7 Å². The summed E-state index contributed by atoms with van der Waals surface area (Å²) in [4.78, 5) is 4.32. The first kappa shape index (κ1) is 12.3. The molecule has 0 spiro atoms. The van der Waals surface area contributed by atoms with Crippen molar-refractivity contribution in [3.05, 3.63) is 21.2 Å². The van der Waals surface area contributed by atoms with E-state index in [1.165, 1.54) is 12.8 Å². The molecule has 1 aromatic rings. The zero-order valence-electron chi connectivity index (χ0n) is 8.92. The topological polar surface area (TPSA) is 50.9 Å². The molecule has 2 rings (SSSR count). The van der Waals surface area contributed by atoms with E-state index in [2.05, 4.69) is 42.2 Å². The maximum absolute atomic E-state index is 6.03. The largest absolute Gasteiger partial charge is 0.369 e. The molecule has 88 valence electrons. The van der Waals surface area contributed by atoms with Gasteiger partial charge in [0.05, 0.1) is 4.47 Å². The quantitative estimate of drug-likeness (QED) is 0.882. The van der Waals surface area contributed by atoms with Crippen LogP contribution in [0.15, 0.2) is 21.2 Å². The fourth-order valence-corrected chi connectivity index (χ4v) is 3.22. The number of halogens is 2. The summed E-state index contributed by atoms with van der Waals surface area (Å²) in [6.45, 7) is 0.911. The second-order valence-electron chi connectivity index (χ2n) is 4.22. The van der Waals surface area contributed by atoms with Gasteiger partial charge in [0.1, 0.15) is 5.82 Å². The first-order valence-corrected chi connectivity index (χ1v) is 7.06. The number of aromatic nitrogens is 1. The SMILES string of the molecule is NC1CCCC1CNc1ncc(Br)cc1Br. The summed E-state index contributed by atoms with van der Waals surface area (Å²) >= 11 is 6.87. The van der Waals surface area contributed by atoms with Crippen LogP contribution in [0.25, 0.3) is 0 Å². The van der Waals surface area contributed by atoms with Gasteiger partial charge in [-0.25, -0.2) is 4.98 Å². The number of hydrogen-bond acceptors (Lipinski definition) is 3. The van der Waals surface area contributed by atoms with Gasteiger partial charge in [-0.2, -0.15) is 0 Å². The third-order valence-electron chi connectivity index (χ3n) is 3.06. The zero-order chi connectivity index (χ0) is 11.5. The van der Waals surface area contributed by atoms with E-state index >= 15 is 0 Å². The van der Waals surface area contributed by atoms with Gasteiger partial charge in [-0.1, -0.05) is 6.42 Å². The predicted octanol–water partition coefficient (Wildman–Crippen LogP) is 3.15. The molecule has 0 aromatic carbocycles. The second-order valence-corrected chi connectivity index (χ2v) is 5.99. The molecule has 0 aliphatic heterocycles. The number of anilines is 1. The standard InChI is InChI=1S/C11H15Br2N3/c12-8-4-9(13)11(16-6-8)15-5-7-2-1-3-10(7)14/h4,6-7,10H,1-3,5,14H2,(H,15,16). The molecule has 0 saturated heterocycles. The highest BCUT2D eigenvalue weighted by molar-refractivity contribution is 9.11. The summed E-state index contributed by atoms with van der Waals surface area (Å²) in [6.07, 6.45) is 5.42. The number of nitrogens with one attached hydrogen (secondary N) is 1. The molecule has 1 saturated carbocycles. The number of nitrogens with zero attached hydrogens (tertiary/aromatic N) is 1. The third kappa shape index (κ3) is 2.96. The molecule has 1 heterocycles. The summed E-state index contributed by atoms with van der Waals surface area (Å²) in [5.74, 6) is 1.47. The van der Waals surface area contributed by atoms with Crippen LogP contribution in [0.5, 0.6) is 0 Å². The van der Waals surface area contributed by atoms with E-state index in [4.69, 9.17) is 5.73 Å². The Bertz CT molecular complexity index is 370. The first-order chi connectivity index (χ1) is 7.66. The van der Waals surface area contributed by atoms with Crippen molar-refractivity contribution in [2.24, 2.45) is 11.7 Å². The van der Waals surface area contributed by atoms with Crippen LogP contribution in [0.3, 0.4) is 0 Å². The molecule has 0 amide bonds. The van der Waals surface area contributed by atoms with E-state index in [0.29, 0.717) is 12.0 Å². The van der Waals surface area contributed by atoms with Gasteiger partial charge in [0, 0.05) is 23.3 Å². The van der Waals surface area contributed by atoms with Crippen LogP contribution in [-0.4, -0.2) is 17.6 Å². The minimum Gasteiger partial charge on any atom is -0.369 e. The highest BCUT2D eigenvalue weighted by Crippen LogP contribution is 2.27. The van der Waals surface area contributed by atoms with Crippen molar-refractivity contribution in [2.45, 2.75) is 25.3 Å². The van der Waals surface area contributed by atoms with Crippen LogP contribution >= 0.6 is 31.9 Å². The summed E-state index contributed by atoms with van der Waals surface area (Å²) in [6, 6.07) is 2.34. The molecule has 3 N–H and O–H groups in total. The molecule has 1 aliphatic carbocycles. The first-order valence-electron chi connectivity index (χ1n) is 5.47. The van der Waals surface area contributed by atoms with E-state index in [-0.39, 0.29) is 0 Å². The molecular weight excluding hydrogens is 334 g/mol. The summed E-state index contributed by atoms with van der Waals surface area (Å²) in [7, 11) is 0. The third-order valence-corrected chi connectivity index (χ3v) is 4.10. The molecule has 5 heteroatoms. The van der Waals surface area contributed by atoms with Gasteiger partial charge in [0.25, 0.3) is 0 Å². The molecule has 3 nitrogen and oxygen atoms in total. The lowest BCUT2D eigenvalue weighted by molar-refractivity contribution is 0.504. The van der Waals surface area contributed by atoms with Gasteiger partial charge in [0.2, 0.25) is 0 Å². The Hall–Kier alpha value is -0.130. The number of hydrogen-bond donors (Lipinski definition) is 2. The molecule has 0 bridgehead atoms. The molecule has 2 atom stereocenters. The summed E-state index contributed by atoms with van der Waals surface area (Å²) in [5, 5.41) is 3.35. The molecule has 2 unspecified atom stereocenters. The van der Waals surface area contributed by atoms with E-state index in [1.54, 1.807) is 6.20 Å². The maximum atomic E-state index is 6.03. The van der Waals surface area contributed by atoms with Gasteiger partial charge in [0.15, 0.2) is 0 Å². The second kappa shape index (κ2) is 5.47. The van der Waals surface area contributed by atoms with Crippen molar-refractivity contribution in [2.75, 3.05) is 11.9 Å². The molecule has 0 radical (unpaired) electrons. The molecule has 1 aromatic heterocycles. The highest BCUT2D eigenvalue weighted by Gasteiger charge is 2.23. The Labute approximate surface area is 112 Å². The van der Waals surface area contributed by atoms with E-state index in [1.807, 2.05) is 6.07 Å². The van der Waals surface area contributed by atoms with Crippen LogP contribution in [0.4, 0.5) is 5.82 Å². The fraction of sp³-hybridized carbons (Fsp3) is 0.545. The van der Waals surface area contributed by atoms with Gasteiger partial charge in [-0.05, 0) is 56.7 Å². The molecular formula is C11H15Br2N3. The van der Waals surface area contributed by atoms with Crippen molar-refractivity contribution < 1.29 is 0 Å². The monoisotopic (exact) mass is 347 g/mol. The maximum Gasteiger partial charge on any atom is 0.140 e. The van der Waals surface area contributed by atoms with Crippen LogP contribution in [0, 0.1) is 5.92 Å². The van der Waals surface area contributed by atoms with Crippen molar-refractivity contribution in [1.82, 2.24) is 4.98 Å². The summed E-state index contributed by atoms with van der Waals surface area (Å²) < 4.78 is 1.95. The van der Waals surface area contributed by atoms with Crippen molar-refractivity contribution in [1.29, 1.82) is 0 Å². The van der Waals surface area contributed by atoms with Crippen LogP contribution in [-0.2, 0) is 0 Å². The average molecular weight is 349 g/mol. The van der Waals surface area contributed by atoms with E-state index in [9.17, 15) is 0 Å². The van der Waals surface area contributed by atoms with Crippen LogP contribution in [0.1, 0.15) is 19.3 Å². The number of pyridine rings is 1. The molecule has 1 fully saturated rings. The molecule has 16 heavy (non-hydrogen) atoms. The minimum absolute atomic E-state index is 0.349. The Morgan fingerprint density at radius 2 is 2.25 bits per heavy atom. The Balaban J connectivity index is 1.94. The van der Waals surface area contributed by atoms with Gasteiger partial charge < -0.3 is 11.1 Å². The van der Waals surface area contributed by atoms with Crippen LogP contribution in [0.2, 0.25) is 0 Å². The minimum atomic E-state index is 0.349. The Morgan fingerprint density at radius 1 is 1.44 bits per heavy atom. The number of nitrogens with two attached hydrogens (primary N) is 1.